The van der Waals surface area contributed by atoms with Crippen molar-refractivity contribution in [3.63, 3.8) is 0 Å². The molecule has 0 aliphatic rings. The van der Waals surface area contributed by atoms with Crippen LogP contribution >= 0.6 is 0 Å². The Morgan fingerprint density at radius 2 is 0.810 bits per heavy atom. The molecule has 0 aromatic rings. The van der Waals surface area contributed by atoms with Gasteiger partial charge < -0.3 is 19.8 Å². The van der Waals surface area contributed by atoms with Crippen LogP contribution in [0.1, 0.15) is 150 Å². The van der Waals surface area contributed by atoms with E-state index >= 15 is 0 Å². The first-order valence-electron chi connectivity index (χ1n) is 17.2. The maximum Gasteiger partial charge on any atom is 0.306 e. The van der Waals surface area contributed by atoms with E-state index in [4.69, 9.17) is 0 Å². The van der Waals surface area contributed by atoms with Crippen LogP contribution in [0.15, 0.2) is 12.2 Å². The van der Waals surface area contributed by atoms with Gasteiger partial charge in [-0.3, -0.25) is 14.4 Å². The molecule has 0 saturated heterocycles. The van der Waals surface area contributed by atoms with Gasteiger partial charge in [0.05, 0.1) is 43.9 Å². The number of hydrogen-bond acceptors (Lipinski definition) is 3. The first-order valence-corrected chi connectivity index (χ1v) is 17.2. The van der Waals surface area contributed by atoms with Crippen molar-refractivity contribution in [2.75, 3.05) is 26.2 Å². The number of carboxylic acid groups (broad SMARTS) is 3. The second-order valence-corrected chi connectivity index (χ2v) is 13.0. The molecular formula is C35H66NO6+. The molecule has 0 bridgehead atoms. The molecule has 7 heteroatoms. The fraction of sp³-hybridized carbons (Fsp3) is 0.857. The van der Waals surface area contributed by atoms with E-state index in [-0.39, 0.29) is 0 Å². The molecule has 0 spiro atoms. The molecule has 0 amide bonds. The average Bonchev–Trinajstić information content (AvgIpc) is 2.96. The summed E-state index contributed by atoms with van der Waals surface area (Å²) in [5.74, 6) is -3.95. The number of carbonyl (C=O) groups is 3. The topological polar surface area (TPSA) is 112 Å². The fourth-order valence-corrected chi connectivity index (χ4v) is 5.49. The van der Waals surface area contributed by atoms with Crippen LogP contribution in [0.2, 0.25) is 0 Å². The van der Waals surface area contributed by atoms with Crippen LogP contribution in [0.25, 0.3) is 0 Å². The summed E-state index contributed by atoms with van der Waals surface area (Å²) < 4.78 is 0.593. The van der Waals surface area contributed by atoms with Crippen molar-refractivity contribution in [2.45, 2.75) is 150 Å². The molecule has 0 rings (SSSR count). The highest BCUT2D eigenvalue weighted by atomic mass is 16.4. The van der Waals surface area contributed by atoms with Crippen molar-refractivity contribution in [1.82, 2.24) is 0 Å². The lowest BCUT2D eigenvalue weighted by molar-refractivity contribution is -0.929. The zero-order valence-corrected chi connectivity index (χ0v) is 27.7. The van der Waals surface area contributed by atoms with Gasteiger partial charge in [0.1, 0.15) is 0 Å². The number of unbranched alkanes of at least 4 members (excludes halogenated alkanes) is 14. The molecule has 0 fully saturated rings. The molecule has 3 N–H and O–H groups in total. The van der Waals surface area contributed by atoms with E-state index in [0.29, 0.717) is 43.4 Å². The first kappa shape index (κ1) is 40.1. The Hall–Kier alpha value is -1.89. The van der Waals surface area contributed by atoms with Gasteiger partial charge in [-0.05, 0) is 32.1 Å². The molecule has 3 unspecified atom stereocenters. The first-order chi connectivity index (χ1) is 20.0. The minimum Gasteiger partial charge on any atom is -0.481 e. The molecule has 0 saturated carbocycles. The van der Waals surface area contributed by atoms with E-state index in [0.717, 1.165) is 32.2 Å². The number of rotatable bonds is 30. The van der Waals surface area contributed by atoms with Gasteiger partial charge in [-0.25, -0.2) is 0 Å². The normalized spacial score (nSPS) is 15.3. The van der Waals surface area contributed by atoms with Crippen molar-refractivity contribution in [3.8, 4) is 0 Å². The Labute approximate surface area is 257 Å². The summed E-state index contributed by atoms with van der Waals surface area (Å²) in [7, 11) is 0. The molecule has 0 aromatic carbocycles. The average molecular weight is 597 g/mol. The predicted molar refractivity (Wildman–Crippen MR) is 173 cm³/mol. The number of allylic oxidation sites excluding steroid dienone is 2. The standard InChI is InChI=1S/C35H65NO6/c1-5-6-7-8-9-10-11-12-13-14-15-16-17-18-19-20-21-22-26-36(27-23-30(2)33(37)38,28-24-31(3)34(39)40)29-25-32(4)35(41)42/h18-19,30-32H,5-17,20-29H2,1-4H3,(H2-,37,38,39,40,41,42)/p+1/b19-18+. The Balaban J connectivity index is 4.57. The predicted octanol–water partition coefficient (Wildman–Crippen LogP) is 8.95. The molecule has 0 heterocycles. The quantitative estimate of drug-likeness (QED) is 0.0433. The summed E-state index contributed by atoms with van der Waals surface area (Å²) in [6.07, 6.45) is 26.5. The van der Waals surface area contributed by atoms with Gasteiger partial charge in [0.25, 0.3) is 0 Å². The molecule has 246 valence electrons. The van der Waals surface area contributed by atoms with Gasteiger partial charge in [0, 0.05) is 19.3 Å². The summed E-state index contributed by atoms with van der Waals surface area (Å²) in [5.41, 5.74) is 0. The summed E-state index contributed by atoms with van der Waals surface area (Å²) in [6.45, 7) is 10.1. The molecule has 0 aliphatic heterocycles. The van der Waals surface area contributed by atoms with Crippen molar-refractivity contribution >= 4 is 17.9 Å². The van der Waals surface area contributed by atoms with E-state index in [9.17, 15) is 29.7 Å². The van der Waals surface area contributed by atoms with Crippen LogP contribution < -0.4 is 0 Å². The number of aliphatic carboxylic acids is 3. The number of nitrogens with zero attached hydrogens (tertiary/aromatic N) is 1. The van der Waals surface area contributed by atoms with Gasteiger partial charge in [0.15, 0.2) is 0 Å². The lowest BCUT2D eigenvalue weighted by Gasteiger charge is -2.40. The van der Waals surface area contributed by atoms with Crippen LogP contribution in [-0.4, -0.2) is 63.9 Å². The van der Waals surface area contributed by atoms with Crippen LogP contribution in [0, 0.1) is 17.8 Å². The van der Waals surface area contributed by atoms with Gasteiger partial charge >= 0.3 is 17.9 Å². The smallest absolute Gasteiger partial charge is 0.306 e. The van der Waals surface area contributed by atoms with Crippen molar-refractivity contribution < 1.29 is 34.2 Å². The molecular weight excluding hydrogens is 530 g/mol. The second-order valence-electron chi connectivity index (χ2n) is 13.0. The minimum absolute atomic E-state index is 0.487. The summed E-state index contributed by atoms with van der Waals surface area (Å²) >= 11 is 0. The molecule has 0 aliphatic carbocycles. The van der Waals surface area contributed by atoms with Crippen LogP contribution in [0.4, 0.5) is 0 Å². The lowest BCUT2D eigenvalue weighted by atomic mass is 10.0. The summed E-state index contributed by atoms with van der Waals surface area (Å²) in [4.78, 5) is 34.5. The minimum atomic E-state index is -0.829. The van der Waals surface area contributed by atoms with Gasteiger partial charge in [-0.1, -0.05) is 110 Å². The van der Waals surface area contributed by atoms with Crippen LogP contribution in [0.5, 0.6) is 0 Å². The lowest BCUT2D eigenvalue weighted by Crippen LogP contribution is -2.52. The van der Waals surface area contributed by atoms with Crippen molar-refractivity contribution in [3.05, 3.63) is 12.2 Å². The van der Waals surface area contributed by atoms with E-state index in [2.05, 4.69) is 19.1 Å². The third-order valence-electron chi connectivity index (χ3n) is 9.02. The Morgan fingerprint density at radius 1 is 0.500 bits per heavy atom. The van der Waals surface area contributed by atoms with Gasteiger partial charge in [0.2, 0.25) is 0 Å². The zero-order chi connectivity index (χ0) is 31.6. The Kier molecular flexibility index (Phi) is 24.4. The molecule has 0 aromatic heterocycles. The monoisotopic (exact) mass is 596 g/mol. The van der Waals surface area contributed by atoms with Gasteiger partial charge in [-0.15, -0.1) is 0 Å². The maximum atomic E-state index is 11.5. The highest BCUT2D eigenvalue weighted by Gasteiger charge is 2.31. The van der Waals surface area contributed by atoms with E-state index in [1.165, 1.54) is 77.0 Å². The Bertz CT molecular complexity index is 677. The zero-order valence-electron chi connectivity index (χ0n) is 27.7. The summed E-state index contributed by atoms with van der Waals surface area (Å²) in [6, 6.07) is 0. The Morgan fingerprint density at radius 3 is 1.14 bits per heavy atom. The second kappa shape index (κ2) is 25.6. The van der Waals surface area contributed by atoms with E-state index in [1.807, 2.05) is 0 Å². The largest absolute Gasteiger partial charge is 0.481 e. The highest BCUT2D eigenvalue weighted by molar-refractivity contribution is 5.70. The SMILES string of the molecule is CCCCCCCCCCCCCC/C=C/CCCC[N+](CCC(C)C(=O)O)(CCC(C)C(=O)O)CCC(C)C(=O)O. The molecule has 42 heavy (non-hydrogen) atoms. The molecule has 3 atom stereocenters. The number of carboxylic acids is 3. The maximum absolute atomic E-state index is 11.5. The third kappa shape index (κ3) is 21.8. The number of quaternary nitrogens is 1. The van der Waals surface area contributed by atoms with Crippen LogP contribution in [0.3, 0.4) is 0 Å². The third-order valence-corrected chi connectivity index (χ3v) is 9.02. The molecule has 7 nitrogen and oxygen atoms in total. The highest BCUT2D eigenvalue weighted by Crippen LogP contribution is 2.21. The van der Waals surface area contributed by atoms with Crippen LogP contribution in [-0.2, 0) is 14.4 Å². The van der Waals surface area contributed by atoms with Gasteiger partial charge in [-0.2, -0.15) is 0 Å². The fourth-order valence-electron chi connectivity index (χ4n) is 5.49. The van der Waals surface area contributed by atoms with E-state index < -0.39 is 35.7 Å². The van der Waals surface area contributed by atoms with Crippen molar-refractivity contribution in [2.24, 2.45) is 17.8 Å². The van der Waals surface area contributed by atoms with Crippen molar-refractivity contribution in [1.29, 1.82) is 0 Å². The summed E-state index contributed by atoms with van der Waals surface area (Å²) in [5, 5.41) is 28.3. The number of hydrogen-bond donors (Lipinski definition) is 3. The molecule has 0 radical (unpaired) electrons. The van der Waals surface area contributed by atoms with E-state index in [1.54, 1.807) is 20.8 Å².